The zero-order valence-corrected chi connectivity index (χ0v) is 16.8. The maximum atomic E-state index is 12.3. The van der Waals surface area contributed by atoms with E-state index >= 15 is 0 Å². The number of halogens is 1. The van der Waals surface area contributed by atoms with Gasteiger partial charge < -0.3 is 10.1 Å². The van der Waals surface area contributed by atoms with Crippen molar-refractivity contribution in [3.63, 3.8) is 0 Å². The topological polar surface area (TPSA) is 119 Å². The molecule has 0 radical (unpaired) electrons. The number of rotatable bonds is 7. The fraction of sp³-hybridized carbons (Fsp3) is 0.235. The Hall–Kier alpha value is -2.85. The third-order valence-electron chi connectivity index (χ3n) is 3.80. The molecule has 0 saturated carbocycles. The van der Waals surface area contributed by atoms with Crippen molar-refractivity contribution >= 4 is 44.6 Å². The maximum Gasteiger partial charge on any atom is 0.271 e. The Labute approximate surface area is 167 Å². The lowest BCUT2D eigenvalue weighted by Crippen LogP contribution is -2.30. The highest BCUT2D eigenvalue weighted by Gasteiger charge is 2.18. The first-order valence-corrected chi connectivity index (χ1v) is 10.2. The molecule has 11 heteroatoms. The number of non-ortho nitro benzene ring substituents is 1. The molecule has 0 aromatic heterocycles. The number of amides is 1. The van der Waals surface area contributed by atoms with E-state index in [1.54, 1.807) is 12.1 Å². The summed E-state index contributed by atoms with van der Waals surface area (Å²) in [4.78, 5) is 22.6. The summed E-state index contributed by atoms with van der Waals surface area (Å²) in [5.41, 5.74) is 0.329. The van der Waals surface area contributed by atoms with Crippen molar-refractivity contribution in [1.29, 1.82) is 0 Å². The van der Waals surface area contributed by atoms with E-state index in [9.17, 15) is 23.3 Å². The minimum atomic E-state index is -3.39. The summed E-state index contributed by atoms with van der Waals surface area (Å²) in [5, 5.41) is 13.5. The zero-order valence-electron chi connectivity index (χ0n) is 15.2. The second-order valence-electron chi connectivity index (χ2n) is 5.89. The van der Waals surface area contributed by atoms with Crippen LogP contribution in [0.4, 0.5) is 17.1 Å². The molecule has 0 spiro atoms. The quantitative estimate of drug-likeness (QED) is 0.535. The summed E-state index contributed by atoms with van der Waals surface area (Å²) >= 11 is 5.96. The van der Waals surface area contributed by atoms with Gasteiger partial charge in [0.15, 0.2) is 6.10 Å². The molecular formula is C17H18ClN3O6S. The number of nitro benzene ring substituents is 1. The Kier molecular flexibility index (Phi) is 6.47. The van der Waals surface area contributed by atoms with Gasteiger partial charge in [0.25, 0.3) is 11.6 Å². The van der Waals surface area contributed by atoms with E-state index in [-0.39, 0.29) is 16.4 Å². The largest absolute Gasteiger partial charge is 0.481 e. The second-order valence-corrected chi connectivity index (χ2v) is 8.32. The van der Waals surface area contributed by atoms with E-state index in [1.807, 2.05) is 0 Å². The molecule has 1 amide bonds. The van der Waals surface area contributed by atoms with Gasteiger partial charge in [-0.05, 0) is 37.3 Å². The number of nitro groups is 1. The predicted octanol–water partition coefficient (Wildman–Crippen LogP) is 3.05. The number of ether oxygens (including phenoxy) is 1. The molecule has 0 aliphatic rings. The molecule has 0 heterocycles. The number of carbonyl (C=O) groups excluding carboxylic acids is 1. The number of nitrogens with zero attached hydrogens (tertiary/aromatic N) is 2. The third kappa shape index (κ3) is 5.33. The number of sulfonamides is 1. The molecule has 0 aliphatic carbocycles. The number of nitrogens with one attached hydrogen (secondary N) is 1. The minimum Gasteiger partial charge on any atom is -0.481 e. The van der Waals surface area contributed by atoms with Crippen molar-refractivity contribution in [2.75, 3.05) is 22.9 Å². The highest BCUT2D eigenvalue weighted by Crippen LogP contribution is 2.27. The van der Waals surface area contributed by atoms with Gasteiger partial charge in [-0.3, -0.25) is 19.2 Å². The minimum absolute atomic E-state index is 0.0986. The van der Waals surface area contributed by atoms with E-state index in [2.05, 4.69) is 5.32 Å². The number of carbonyl (C=O) groups is 1. The molecule has 0 aliphatic heterocycles. The average molecular weight is 428 g/mol. The lowest BCUT2D eigenvalue weighted by molar-refractivity contribution is -0.384. The van der Waals surface area contributed by atoms with Crippen molar-refractivity contribution in [1.82, 2.24) is 0 Å². The van der Waals surface area contributed by atoms with E-state index in [0.29, 0.717) is 11.4 Å². The van der Waals surface area contributed by atoms with E-state index in [0.717, 1.165) is 16.6 Å². The molecular weight excluding hydrogens is 410 g/mol. The van der Waals surface area contributed by atoms with Crippen molar-refractivity contribution in [3.05, 3.63) is 57.6 Å². The molecule has 0 saturated heterocycles. The third-order valence-corrected chi connectivity index (χ3v) is 5.33. The van der Waals surface area contributed by atoms with Crippen LogP contribution in [0.3, 0.4) is 0 Å². The molecule has 2 rings (SSSR count). The fourth-order valence-corrected chi connectivity index (χ4v) is 2.81. The Morgan fingerprint density at radius 1 is 1.25 bits per heavy atom. The maximum absolute atomic E-state index is 12.3. The highest BCUT2D eigenvalue weighted by atomic mass is 35.5. The van der Waals surface area contributed by atoms with Crippen LogP contribution in [0.2, 0.25) is 5.02 Å². The van der Waals surface area contributed by atoms with Gasteiger partial charge in [0.05, 0.1) is 27.6 Å². The van der Waals surface area contributed by atoms with Crippen LogP contribution in [0.1, 0.15) is 6.92 Å². The first-order valence-electron chi connectivity index (χ1n) is 7.94. The number of hydrogen-bond acceptors (Lipinski definition) is 6. The smallest absolute Gasteiger partial charge is 0.271 e. The van der Waals surface area contributed by atoms with Crippen LogP contribution in [-0.2, 0) is 14.8 Å². The van der Waals surface area contributed by atoms with Gasteiger partial charge in [-0.1, -0.05) is 11.6 Å². The molecule has 0 bridgehead atoms. The van der Waals surface area contributed by atoms with Gasteiger partial charge in [0, 0.05) is 19.2 Å². The summed E-state index contributed by atoms with van der Waals surface area (Å²) in [5.74, 6) is -0.210. The predicted molar refractivity (Wildman–Crippen MR) is 107 cm³/mol. The molecule has 2 aromatic rings. The summed E-state index contributed by atoms with van der Waals surface area (Å²) in [6.07, 6.45) is 0.150. The van der Waals surface area contributed by atoms with Crippen LogP contribution in [-0.4, -0.2) is 38.7 Å². The van der Waals surface area contributed by atoms with Gasteiger partial charge >= 0.3 is 0 Å². The van der Waals surface area contributed by atoms with E-state index in [4.69, 9.17) is 16.3 Å². The van der Waals surface area contributed by atoms with Crippen LogP contribution in [0, 0.1) is 10.1 Å². The van der Waals surface area contributed by atoms with Crippen molar-refractivity contribution < 1.29 is 22.9 Å². The number of hydrogen-bond donors (Lipinski definition) is 1. The second kappa shape index (κ2) is 8.44. The Bertz CT molecular complexity index is 994. The number of anilines is 2. The summed E-state index contributed by atoms with van der Waals surface area (Å²) in [6.45, 7) is 1.50. The molecule has 1 N–H and O–H groups in total. The summed E-state index contributed by atoms with van der Waals surface area (Å²) < 4.78 is 29.7. The van der Waals surface area contributed by atoms with Crippen molar-refractivity contribution in [3.8, 4) is 5.75 Å². The molecule has 150 valence electrons. The Balaban J connectivity index is 2.07. The van der Waals surface area contributed by atoms with Crippen LogP contribution < -0.4 is 14.4 Å². The molecule has 2 aromatic carbocycles. The average Bonchev–Trinajstić information content (AvgIpc) is 2.62. The lowest BCUT2D eigenvalue weighted by Gasteiger charge is -2.18. The van der Waals surface area contributed by atoms with Crippen LogP contribution in [0.15, 0.2) is 42.5 Å². The van der Waals surface area contributed by atoms with E-state index < -0.39 is 27.0 Å². The molecule has 28 heavy (non-hydrogen) atoms. The van der Waals surface area contributed by atoms with Crippen molar-refractivity contribution in [2.45, 2.75) is 13.0 Å². The van der Waals surface area contributed by atoms with E-state index in [1.165, 1.54) is 38.2 Å². The Morgan fingerprint density at radius 3 is 2.39 bits per heavy atom. The molecule has 0 unspecified atom stereocenters. The monoisotopic (exact) mass is 427 g/mol. The van der Waals surface area contributed by atoms with Gasteiger partial charge in [-0.2, -0.15) is 0 Å². The van der Waals surface area contributed by atoms with Crippen molar-refractivity contribution in [2.24, 2.45) is 0 Å². The van der Waals surface area contributed by atoms with Crippen LogP contribution >= 0.6 is 11.6 Å². The van der Waals surface area contributed by atoms with Gasteiger partial charge in [-0.25, -0.2) is 8.42 Å². The zero-order chi connectivity index (χ0) is 21.1. The van der Waals surface area contributed by atoms with Crippen LogP contribution in [0.25, 0.3) is 0 Å². The lowest BCUT2D eigenvalue weighted by atomic mass is 10.2. The fourth-order valence-electron chi connectivity index (χ4n) is 2.14. The standard InChI is InChI=1S/C17H18ClN3O6S/c1-11(17(22)19-16-10-13(21(23)24)6-9-15(16)18)27-14-7-4-12(5-8-14)20(2)28(3,25)26/h4-11H,1-3H3,(H,19,22)/t11-/m1/s1. The molecule has 9 nitrogen and oxygen atoms in total. The van der Waals surface area contributed by atoms with Gasteiger partial charge in [0.2, 0.25) is 10.0 Å². The van der Waals surface area contributed by atoms with Gasteiger partial charge in [-0.15, -0.1) is 0 Å². The summed E-state index contributed by atoms with van der Waals surface area (Å²) in [6, 6.07) is 9.84. The number of benzene rings is 2. The highest BCUT2D eigenvalue weighted by molar-refractivity contribution is 7.92. The SMILES string of the molecule is C[C@@H](Oc1ccc(N(C)S(C)(=O)=O)cc1)C(=O)Nc1cc([N+](=O)[O-])ccc1Cl. The first kappa shape index (κ1) is 21.5. The summed E-state index contributed by atoms with van der Waals surface area (Å²) in [7, 11) is -1.96. The molecule has 0 fully saturated rings. The van der Waals surface area contributed by atoms with Crippen LogP contribution in [0.5, 0.6) is 5.75 Å². The Morgan fingerprint density at radius 2 is 1.86 bits per heavy atom. The normalized spacial score (nSPS) is 12.1. The van der Waals surface area contributed by atoms with Gasteiger partial charge in [0.1, 0.15) is 5.75 Å². The molecule has 1 atom stereocenters. The first-order chi connectivity index (χ1) is 13.0.